The molecule has 0 amide bonds. The summed E-state index contributed by atoms with van der Waals surface area (Å²) in [6.45, 7) is 3.19. The molecular weight excluding hydrogens is 203 g/mol. The first-order valence-corrected chi connectivity index (χ1v) is 7.59. The average molecular weight is 213 g/mol. The molecule has 7 heavy (non-hydrogen) atoms. The Labute approximate surface area is 48.1 Å². The summed E-state index contributed by atoms with van der Waals surface area (Å²) in [6.07, 6.45) is 0. The van der Waals surface area contributed by atoms with E-state index in [1.54, 1.807) is 13.8 Å². The molecule has 0 unspecified atom stereocenters. The molecule has 0 saturated heterocycles. The molecule has 0 aliphatic heterocycles. The summed E-state index contributed by atoms with van der Waals surface area (Å²) >= 11 is -4.37. The molecule has 0 saturated carbocycles. The molecule has 44 valence electrons. The van der Waals surface area contributed by atoms with Gasteiger partial charge in [-0.1, -0.05) is 0 Å². The topological polar surface area (TPSA) is 60.7 Å². The van der Waals surface area contributed by atoms with Crippen LogP contribution in [0.5, 0.6) is 0 Å². The van der Waals surface area contributed by atoms with Gasteiger partial charge in [0.25, 0.3) is 0 Å². The quantitative estimate of drug-likeness (QED) is 0.505. The van der Waals surface area contributed by atoms with Crippen molar-refractivity contribution < 1.29 is 10.3 Å². The molecule has 0 aliphatic rings. The first-order chi connectivity index (χ1) is 2.94. The zero-order valence-corrected chi connectivity index (χ0v) is 7.27. The zero-order valence-electron chi connectivity index (χ0n) is 4.42. The summed E-state index contributed by atoms with van der Waals surface area (Å²) in [4.78, 5) is 0. The molecule has 0 fully saturated rings. The summed E-state index contributed by atoms with van der Waals surface area (Å²) in [5.41, 5.74) is 0. The SMILES string of the molecule is C[CH](C)[Sn]([OH])([OH])[OH]. The van der Waals surface area contributed by atoms with Crippen LogP contribution in [0.1, 0.15) is 13.8 Å². The molecule has 0 aromatic rings. The molecule has 0 aromatic heterocycles. The van der Waals surface area contributed by atoms with Gasteiger partial charge in [0.2, 0.25) is 0 Å². The molecule has 0 heterocycles. The summed E-state index contributed by atoms with van der Waals surface area (Å²) in [5.74, 6) is 0. The molecule has 0 aromatic carbocycles. The third-order valence-electron chi connectivity index (χ3n) is 0.775. The van der Waals surface area contributed by atoms with Crippen molar-refractivity contribution in [1.82, 2.24) is 0 Å². The summed E-state index contributed by atoms with van der Waals surface area (Å²) in [7, 11) is 0. The Hall–Kier alpha value is 0.679. The fourth-order valence-corrected chi connectivity index (χ4v) is 0. The van der Waals surface area contributed by atoms with Gasteiger partial charge in [-0.15, -0.1) is 0 Å². The second-order valence-corrected chi connectivity index (χ2v) is 9.06. The van der Waals surface area contributed by atoms with Crippen LogP contribution in [0.2, 0.25) is 3.93 Å². The van der Waals surface area contributed by atoms with E-state index in [1.807, 2.05) is 0 Å². The Balaban J connectivity index is 3.54. The second-order valence-electron chi connectivity index (χ2n) is 1.84. The second kappa shape index (κ2) is 2.30. The van der Waals surface area contributed by atoms with Crippen molar-refractivity contribution in [2.24, 2.45) is 0 Å². The van der Waals surface area contributed by atoms with E-state index in [4.69, 9.17) is 10.3 Å². The average Bonchev–Trinajstić information content (AvgIpc) is 1.31. The predicted molar refractivity (Wildman–Crippen MR) is 27.5 cm³/mol. The third kappa shape index (κ3) is 3.28. The maximum absolute atomic E-state index is 8.42. The van der Waals surface area contributed by atoms with Crippen molar-refractivity contribution >= 4 is 19.6 Å². The van der Waals surface area contributed by atoms with E-state index in [9.17, 15) is 0 Å². The fraction of sp³-hybridized carbons (Fsp3) is 1.00. The van der Waals surface area contributed by atoms with Crippen LogP contribution in [0.3, 0.4) is 0 Å². The van der Waals surface area contributed by atoms with Gasteiger partial charge in [0.1, 0.15) is 0 Å². The first-order valence-electron chi connectivity index (χ1n) is 2.11. The van der Waals surface area contributed by atoms with Crippen molar-refractivity contribution in [2.45, 2.75) is 17.8 Å². The van der Waals surface area contributed by atoms with Gasteiger partial charge < -0.3 is 0 Å². The Kier molecular flexibility index (Phi) is 2.52. The van der Waals surface area contributed by atoms with E-state index >= 15 is 0 Å². The van der Waals surface area contributed by atoms with Gasteiger partial charge in [0.15, 0.2) is 0 Å². The molecule has 0 aliphatic carbocycles. The standard InChI is InChI=1S/C3H7.3H2O.Sn/c1-3-2;;;;/h3H,1-2H3;3*1H2;/q;;;;+3/p-3. The van der Waals surface area contributed by atoms with Gasteiger partial charge in [-0.25, -0.2) is 0 Å². The van der Waals surface area contributed by atoms with Crippen molar-refractivity contribution in [2.75, 3.05) is 0 Å². The molecule has 0 atom stereocenters. The van der Waals surface area contributed by atoms with Crippen molar-refractivity contribution in [3.05, 3.63) is 0 Å². The molecule has 0 bridgehead atoms. The Morgan fingerprint density at radius 1 is 1.14 bits per heavy atom. The Bertz CT molecular complexity index is 55.7. The summed E-state index contributed by atoms with van der Waals surface area (Å²) < 4.78 is 24.9. The number of hydrogen-bond donors (Lipinski definition) is 3. The zero-order chi connectivity index (χ0) is 6.08. The minimum absolute atomic E-state index is 0.325. The molecule has 0 radical (unpaired) electrons. The Morgan fingerprint density at radius 2 is 1.29 bits per heavy atom. The van der Waals surface area contributed by atoms with Crippen LogP contribution < -0.4 is 0 Å². The van der Waals surface area contributed by atoms with Crippen LogP contribution in [-0.2, 0) is 0 Å². The van der Waals surface area contributed by atoms with Gasteiger partial charge in [-0.05, 0) is 0 Å². The molecule has 4 heteroatoms. The van der Waals surface area contributed by atoms with Crippen molar-refractivity contribution in [1.29, 1.82) is 0 Å². The molecule has 3 nitrogen and oxygen atoms in total. The van der Waals surface area contributed by atoms with E-state index < -0.39 is 19.6 Å². The van der Waals surface area contributed by atoms with Gasteiger partial charge in [-0.3, -0.25) is 0 Å². The third-order valence-corrected chi connectivity index (χ3v) is 5.20. The minimum atomic E-state index is -4.37. The van der Waals surface area contributed by atoms with E-state index in [1.165, 1.54) is 0 Å². The van der Waals surface area contributed by atoms with Gasteiger partial charge in [0, 0.05) is 0 Å². The normalized spacial score (nSPS) is 12.9. The number of rotatable bonds is 1. The van der Waals surface area contributed by atoms with Crippen molar-refractivity contribution in [3.8, 4) is 0 Å². The van der Waals surface area contributed by atoms with Crippen molar-refractivity contribution in [3.63, 3.8) is 0 Å². The Morgan fingerprint density at radius 3 is 1.29 bits per heavy atom. The van der Waals surface area contributed by atoms with Gasteiger partial charge in [-0.2, -0.15) is 0 Å². The van der Waals surface area contributed by atoms with Gasteiger partial charge in [0.05, 0.1) is 0 Å². The summed E-state index contributed by atoms with van der Waals surface area (Å²) in [5, 5.41) is 0. The fourth-order valence-electron chi connectivity index (χ4n) is 0. The van der Waals surface area contributed by atoms with Crippen LogP contribution in [0.15, 0.2) is 0 Å². The van der Waals surface area contributed by atoms with Crippen LogP contribution in [0.25, 0.3) is 0 Å². The van der Waals surface area contributed by atoms with Crippen LogP contribution in [-0.4, -0.2) is 30.0 Å². The number of hydrogen-bond acceptors (Lipinski definition) is 3. The van der Waals surface area contributed by atoms with E-state index in [0.29, 0.717) is 0 Å². The van der Waals surface area contributed by atoms with Crippen LogP contribution in [0, 0.1) is 0 Å². The van der Waals surface area contributed by atoms with E-state index in [2.05, 4.69) is 0 Å². The monoisotopic (exact) mass is 214 g/mol. The van der Waals surface area contributed by atoms with Crippen LogP contribution >= 0.6 is 0 Å². The van der Waals surface area contributed by atoms with Gasteiger partial charge >= 0.3 is 47.7 Å². The maximum atomic E-state index is 8.42. The van der Waals surface area contributed by atoms with E-state index in [-0.39, 0.29) is 3.93 Å². The first kappa shape index (κ1) is 7.68. The molecular formula is C3H10O3Sn. The molecule has 3 N–H and O–H groups in total. The molecule has 0 spiro atoms. The summed E-state index contributed by atoms with van der Waals surface area (Å²) in [6, 6.07) is 0. The molecule has 0 rings (SSSR count). The predicted octanol–water partition coefficient (Wildman–Crippen LogP) is -0.688. The van der Waals surface area contributed by atoms with Crippen LogP contribution in [0.4, 0.5) is 0 Å². The van der Waals surface area contributed by atoms with E-state index in [0.717, 1.165) is 0 Å².